The van der Waals surface area contributed by atoms with E-state index in [0.717, 1.165) is 10.0 Å². The predicted molar refractivity (Wildman–Crippen MR) is 96.7 cm³/mol. The Morgan fingerprint density at radius 2 is 1.75 bits per heavy atom. The summed E-state index contributed by atoms with van der Waals surface area (Å²) in [5.74, 6) is 0.529. The van der Waals surface area contributed by atoms with E-state index in [0.29, 0.717) is 11.7 Å². The van der Waals surface area contributed by atoms with Crippen LogP contribution < -0.4 is 10.1 Å². The third kappa shape index (κ3) is 5.06. The summed E-state index contributed by atoms with van der Waals surface area (Å²) in [6, 6.07) is 11.7. The third-order valence-electron chi connectivity index (χ3n) is 3.73. The number of benzene rings is 2. The maximum Gasteiger partial charge on any atom is 0.258 e. The number of nitrogens with one attached hydrogen (secondary N) is 1. The van der Waals surface area contributed by atoms with E-state index in [1.165, 1.54) is 17.7 Å². The van der Waals surface area contributed by atoms with Crippen LogP contribution in [0.4, 0.5) is 4.39 Å². The maximum absolute atomic E-state index is 12.9. The average molecular weight is 394 g/mol. The molecule has 0 aliphatic rings. The quantitative estimate of drug-likeness (QED) is 0.752. The molecule has 24 heavy (non-hydrogen) atoms. The van der Waals surface area contributed by atoms with E-state index in [1.807, 2.05) is 25.1 Å². The van der Waals surface area contributed by atoms with Crippen LogP contribution in [-0.4, -0.2) is 12.5 Å². The summed E-state index contributed by atoms with van der Waals surface area (Å²) in [6.07, 6.45) is 0. The van der Waals surface area contributed by atoms with E-state index in [4.69, 9.17) is 4.74 Å². The Morgan fingerprint density at radius 1 is 1.12 bits per heavy atom. The van der Waals surface area contributed by atoms with Crippen molar-refractivity contribution in [1.29, 1.82) is 0 Å². The smallest absolute Gasteiger partial charge is 0.258 e. The van der Waals surface area contributed by atoms with Gasteiger partial charge in [-0.15, -0.1) is 0 Å². The zero-order chi connectivity index (χ0) is 17.7. The normalized spacial score (nSPS) is 12.1. The first-order chi connectivity index (χ1) is 11.4. The van der Waals surface area contributed by atoms with Gasteiger partial charge in [0.25, 0.3) is 5.91 Å². The Kier molecular flexibility index (Phi) is 6.37. The molecular weight excluding hydrogens is 373 g/mol. The minimum absolute atomic E-state index is 0.0782. The van der Waals surface area contributed by atoms with Crippen molar-refractivity contribution in [1.82, 2.24) is 5.32 Å². The molecule has 0 aliphatic heterocycles. The van der Waals surface area contributed by atoms with Crippen molar-refractivity contribution in [2.45, 2.75) is 32.7 Å². The highest BCUT2D eigenvalue weighted by molar-refractivity contribution is 9.10. The van der Waals surface area contributed by atoms with E-state index in [2.05, 4.69) is 35.1 Å². The monoisotopic (exact) mass is 393 g/mol. The zero-order valence-electron chi connectivity index (χ0n) is 14.0. The van der Waals surface area contributed by atoms with Crippen LogP contribution in [0.2, 0.25) is 0 Å². The minimum atomic E-state index is -0.296. The van der Waals surface area contributed by atoms with Gasteiger partial charge in [-0.1, -0.05) is 32.0 Å². The average Bonchev–Trinajstić information content (AvgIpc) is 2.54. The van der Waals surface area contributed by atoms with Gasteiger partial charge in [-0.3, -0.25) is 4.79 Å². The van der Waals surface area contributed by atoms with Crippen molar-refractivity contribution in [3.63, 3.8) is 0 Å². The highest BCUT2D eigenvalue weighted by Gasteiger charge is 2.12. The lowest BCUT2D eigenvalue weighted by Gasteiger charge is -2.15. The molecule has 0 aromatic heterocycles. The molecular formula is C19H21BrFNO2. The Morgan fingerprint density at radius 3 is 2.33 bits per heavy atom. The fourth-order valence-electron chi connectivity index (χ4n) is 2.25. The van der Waals surface area contributed by atoms with Crippen LogP contribution >= 0.6 is 15.9 Å². The van der Waals surface area contributed by atoms with Crippen molar-refractivity contribution in [2.75, 3.05) is 6.61 Å². The van der Waals surface area contributed by atoms with Crippen molar-refractivity contribution in [3.05, 3.63) is 63.9 Å². The summed E-state index contributed by atoms with van der Waals surface area (Å²) in [4.78, 5) is 12.0. The number of rotatable bonds is 6. The number of carbonyl (C=O) groups is 1. The maximum atomic E-state index is 12.9. The van der Waals surface area contributed by atoms with Crippen molar-refractivity contribution in [2.24, 2.45) is 0 Å². The van der Waals surface area contributed by atoms with E-state index >= 15 is 0 Å². The van der Waals surface area contributed by atoms with Gasteiger partial charge in [0, 0.05) is 0 Å². The summed E-state index contributed by atoms with van der Waals surface area (Å²) in [5, 5.41) is 2.83. The second-order valence-corrected chi connectivity index (χ2v) is 6.83. The largest absolute Gasteiger partial charge is 0.483 e. The summed E-state index contributed by atoms with van der Waals surface area (Å²) < 4.78 is 19.3. The second-order valence-electron chi connectivity index (χ2n) is 5.97. The minimum Gasteiger partial charge on any atom is -0.483 e. The molecule has 2 rings (SSSR count). The SMILES string of the molecule is CC(C)c1ccc(OCC(=O)N[C@H](C)c2ccc(F)cc2)c(Br)c1. The van der Waals surface area contributed by atoms with Crippen molar-refractivity contribution in [3.8, 4) is 5.75 Å². The molecule has 0 aliphatic carbocycles. The van der Waals surface area contributed by atoms with Gasteiger partial charge in [0.05, 0.1) is 10.5 Å². The Balaban J connectivity index is 1.90. The van der Waals surface area contributed by atoms with E-state index in [9.17, 15) is 9.18 Å². The fourth-order valence-corrected chi connectivity index (χ4v) is 2.77. The topological polar surface area (TPSA) is 38.3 Å². The van der Waals surface area contributed by atoms with Crippen LogP contribution in [0, 0.1) is 5.82 Å². The molecule has 0 fully saturated rings. The summed E-state index contributed by atoms with van der Waals surface area (Å²) in [7, 11) is 0. The number of ether oxygens (including phenoxy) is 1. The second kappa shape index (κ2) is 8.29. The molecule has 1 atom stereocenters. The number of carbonyl (C=O) groups excluding carboxylic acids is 1. The molecule has 0 saturated heterocycles. The van der Waals surface area contributed by atoms with Crippen LogP contribution in [0.5, 0.6) is 5.75 Å². The predicted octanol–water partition coefficient (Wildman–Crippen LogP) is 4.97. The molecule has 0 bridgehead atoms. The number of hydrogen-bond donors (Lipinski definition) is 1. The first kappa shape index (κ1) is 18.5. The van der Waals surface area contributed by atoms with Gasteiger partial charge in [-0.05, 0) is 64.2 Å². The number of halogens is 2. The first-order valence-corrected chi connectivity index (χ1v) is 8.63. The molecule has 0 radical (unpaired) electrons. The lowest BCUT2D eigenvalue weighted by atomic mass is 10.0. The van der Waals surface area contributed by atoms with Crippen LogP contribution in [0.25, 0.3) is 0 Å². The van der Waals surface area contributed by atoms with Gasteiger partial charge in [-0.25, -0.2) is 4.39 Å². The summed E-state index contributed by atoms with van der Waals surface area (Å²) in [6.45, 7) is 6.00. The van der Waals surface area contributed by atoms with E-state index in [1.54, 1.807) is 12.1 Å². The van der Waals surface area contributed by atoms with Gasteiger partial charge in [0.15, 0.2) is 6.61 Å². The van der Waals surface area contributed by atoms with Gasteiger partial charge in [-0.2, -0.15) is 0 Å². The molecule has 0 saturated carbocycles. The molecule has 1 amide bonds. The summed E-state index contributed by atoms with van der Waals surface area (Å²) in [5.41, 5.74) is 2.04. The molecule has 1 N–H and O–H groups in total. The van der Waals surface area contributed by atoms with Gasteiger partial charge in [0.1, 0.15) is 11.6 Å². The molecule has 0 heterocycles. The van der Waals surface area contributed by atoms with Gasteiger partial charge < -0.3 is 10.1 Å². The standard InChI is InChI=1S/C19H21BrFNO2/c1-12(2)15-6-9-18(17(20)10-15)24-11-19(23)22-13(3)14-4-7-16(21)8-5-14/h4-10,12-13H,11H2,1-3H3,(H,22,23)/t13-/m1/s1. The zero-order valence-corrected chi connectivity index (χ0v) is 15.6. The molecule has 128 valence electrons. The third-order valence-corrected chi connectivity index (χ3v) is 4.35. The van der Waals surface area contributed by atoms with E-state index in [-0.39, 0.29) is 24.4 Å². The van der Waals surface area contributed by atoms with Crippen LogP contribution in [0.3, 0.4) is 0 Å². The Labute approximate surface area is 150 Å². The lowest BCUT2D eigenvalue weighted by Crippen LogP contribution is -2.31. The summed E-state index contributed by atoms with van der Waals surface area (Å²) >= 11 is 3.47. The number of hydrogen-bond acceptors (Lipinski definition) is 2. The van der Waals surface area contributed by atoms with E-state index < -0.39 is 0 Å². The number of amides is 1. The van der Waals surface area contributed by atoms with Crippen LogP contribution in [-0.2, 0) is 4.79 Å². The highest BCUT2D eigenvalue weighted by Crippen LogP contribution is 2.28. The molecule has 2 aromatic rings. The lowest BCUT2D eigenvalue weighted by molar-refractivity contribution is -0.123. The van der Waals surface area contributed by atoms with Crippen molar-refractivity contribution < 1.29 is 13.9 Å². The molecule has 0 unspecified atom stereocenters. The van der Waals surface area contributed by atoms with Crippen LogP contribution in [0.1, 0.15) is 43.9 Å². The first-order valence-electron chi connectivity index (χ1n) is 7.84. The van der Waals surface area contributed by atoms with Gasteiger partial charge >= 0.3 is 0 Å². The Hall–Kier alpha value is -1.88. The highest BCUT2D eigenvalue weighted by atomic mass is 79.9. The molecule has 5 heteroatoms. The molecule has 0 spiro atoms. The fraction of sp³-hybridized carbons (Fsp3) is 0.316. The molecule has 3 nitrogen and oxygen atoms in total. The molecule has 2 aromatic carbocycles. The van der Waals surface area contributed by atoms with Crippen LogP contribution in [0.15, 0.2) is 46.9 Å². The van der Waals surface area contributed by atoms with Crippen molar-refractivity contribution >= 4 is 21.8 Å². The van der Waals surface area contributed by atoms with Gasteiger partial charge in [0.2, 0.25) is 0 Å². The Bertz CT molecular complexity index is 701.